The first-order valence-electron chi connectivity index (χ1n) is 7.28. The molecular weight excluding hydrogens is 338 g/mol. The molecule has 0 spiro atoms. The minimum atomic E-state index is -1.08. The van der Waals surface area contributed by atoms with Crippen LogP contribution in [0.5, 0.6) is 0 Å². The molecule has 122 valence electrons. The number of aliphatic hydroxyl groups is 1. The topological polar surface area (TPSA) is 95.7 Å². The summed E-state index contributed by atoms with van der Waals surface area (Å²) >= 11 is 2.90. The van der Waals surface area contributed by atoms with Crippen molar-refractivity contribution in [3.05, 3.63) is 28.2 Å². The van der Waals surface area contributed by atoms with Crippen molar-refractivity contribution in [3.63, 3.8) is 0 Å². The summed E-state index contributed by atoms with van der Waals surface area (Å²) in [6, 6.07) is 0. The molecule has 1 fully saturated rings. The highest BCUT2D eigenvalue weighted by Gasteiger charge is 2.58. The second-order valence-corrected chi connectivity index (χ2v) is 8.60. The first-order chi connectivity index (χ1) is 11.0. The van der Waals surface area contributed by atoms with Gasteiger partial charge in [0.1, 0.15) is 5.37 Å². The van der Waals surface area contributed by atoms with Gasteiger partial charge in [-0.05, 0) is 6.92 Å². The SMILES string of the molecule is C[C@@H](O)[C@H]1C(=O)N2C(C(=O)O)=C(S[C@@H]3Cc4cncn4C3)S[C@H]12. The number of β-lactam (4-membered cyclic amide) rings is 1. The monoisotopic (exact) mass is 353 g/mol. The molecule has 7 nitrogen and oxygen atoms in total. The minimum Gasteiger partial charge on any atom is -0.477 e. The summed E-state index contributed by atoms with van der Waals surface area (Å²) in [6.45, 7) is 2.36. The van der Waals surface area contributed by atoms with E-state index in [9.17, 15) is 19.8 Å². The van der Waals surface area contributed by atoms with E-state index in [1.165, 1.54) is 28.4 Å². The zero-order valence-electron chi connectivity index (χ0n) is 12.2. The second kappa shape index (κ2) is 5.29. The van der Waals surface area contributed by atoms with Gasteiger partial charge in [0.15, 0.2) is 5.70 Å². The maximum absolute atomic E-state index is 12.2. The van der Waals surface area contributed by atoms with E-state index in [4.69, 9.17) is 0 Å². The number of carboxylic acids is 1. The van der Waals surface area contributed by atoms with Gasteiger partial charge in [-0.25, -0.2) is 9.78 Å². The van der Waals surface area contributed by atoms with Crippen LogP contribution in [-0.4, -0.2) is 53.3 Å². The van der Waals surface area contributed by atoms with Crippen LogP contribution < -0.4 is 0 Å². The molecule has 4 atom stereocenters. The molecule has 3 aliphatic rings. The number of aliphatic hydroxyl groups excluding tert-OH is 1. The molecule has 2 N–H and O–H groups in total. The van der Waals surface area contributed by atoms with Crippen molar-refractivity contribution in [1.82, 2.24) is 14.5 Å². The lowest BCUT2D eigenvalue weighted by Crippen LogP contribution is -2.60. The van der Waals surface area contributed by atoms with Gasteiger partial charge in [0.2, 0.25) is 5.91 Å². The first kappa shape index (κ1) is 15.1. The maximum Gasteiger partial charge on any atom is 0.354 e. The van der Waals surface area contributed by atoms with E-state index in [2.05, 4.69) is 9.55 Å². The number of thioether (sulfide) groups is 2. The summed E-state index contributed by atoms with van der Waals surface area (Å²) in [4.78, 5) is 29.2. The molecular formula is C14H15N3O4S2. The number of amides is 1. The Morgan fingerprint density at radius 3 is 3.00 bits per heavy atom. The van der Waals surface area contributed by atoms with Crippen LogP contribution in [0.2, 0.25) is 0 Å². The first-order valence-corrected chi connectivity index (χ1v) is 9.04. The van der Waals surface area contributed by atoms with E-state index in [1.807, 2.05) is 6.20 Å². The molecule has 9 heteroatoms. The Morgan fingerprint density at radius 2 is 2.35 bits per heavy atom. The van der Waals surface area contributed by atoms with Gasteiger partial charge in [-0.3, -0.25) is 9.69 Å². The number of aromatic nitrogens is 2. The van der Waals surface area contributed by atoms with Crippen molar-refractivity contribution in [1.29, 1.82) is 0 Å². The Bertz CT molecular complexity index is 709. The molecule has 1 amide bonds. The number of nitrogens with zero attached hydrogens (tertiary/aromatic N) is 3. The van der Waals surface area contributed by atoms with Crippen LogP contribution in [0.1, 0.15) is 12.6 Å². The van der Waals surface area contributed by atoms with Crippen molar-refractivity contribution in [2.75, 3.05) is 0 Å². The number of imidazole rings is 1. The van der Waals surface area contributed by atoms with Crippen molar-refractivity contribution in [2.45, 2.75) is 36.6 Å². The minimum absolute atomic E-state index is 0.0709. The molecule has 0 saturated carbocycles. The third-order valence-electron chi connectivity index (χ3n) is 4.38. The quantitative estimate of drug-likeness (QED) is 0.770. The molecule has 0 radical (unpaired) electrons. The van der Waals surface area contributed by atoms with Crippen LogP contribution in [0.4, 0.5) is 0 Å². The van der Waals surface area contributed by atoms with Crippen LogP contribution in [0.25, 0.3) is 0 Å². The molecule has 3 aliphatic heterocycles. The van der Waals surface area contributed by atoms with Gasteiger partial charge >= 0.3 is 5.97 Å². The van der Waals surface area contributed by atoms with E-state index in [0.29, 0.717) is 4.24 Å². The third kappa shape index (κ3) is 2.21. The van der Waals surface area contributed by atoms with E-state index in [1.54, 1.807) is 13.3 Å². The fraction of sp³-hybridized carbons (Fsp3) is 0.500. The van der Waals surface area contributed by atoms with Crippen molar-refractivity contribution >= 4 is 35.4 Å². The number of hydrogen-bond acceptors (Lipinski definition) is 6. The lowest BCUT2D eigenvalue weighted by atomic mass is 9.92. The standard InChI is InChI=1S/C14H15N3O4S2/c1-6(18)9-11(19)17-10(13(20)21)14(23-12(9)17)22-8-2-7-3-15-5-16(7)4-8/h3,5-6,8-9,12,18H,2,4H2,1H3,(H,20,21)/t6-,8-,9+,12-/m1/s1. The Hall–Kier alpha value is -1.45. The van der Waals surface area contributed by atoms with Gasteiger partial charge in [-0.2, -0.15) is 0 Å². The Labute approximate surface area is 140 Å². The van der Waals surface area contributed by atoms with E-state index < -0.39 is 18.0 Å². The number of aliphatic carboxylic acids is 1. The van der Waals surface area contributed by atoms with Crippen LogP contribution in [0, 0.1) is 5.92 Å². The molecule has 0 aliphatic carbocycles. The highest BCUT2D eigenvalue weighted by molar-refractivity contribution is 8.23. The Morgan fingerprint density at radius 1 is 1.57 bits per heavy atom. The van der Waals surface area contributed by atoms with Gasteiger partial charge < -0.3 is 14.8 Å². The van der Waals surface area contributed by atoms with Gasteiger partial charge in [0, 0.05) is 30.1 Å². The molecule has 4 heterocycles. The van der Waals surface area contributed by atoms with E-state index in [-0.39, 0.29) is 22.2 Å². The van der Waals surface area contributed by atoms with Crippen LogP contribution in [0.3, 0.4) is 0 Å². The second-order valence-electron chi connectivity index (χ2n) is 5.91. The van der Waals surface area contributed by atoms with Crippen LogP contribution >= 0.6 is 23.5 Å². The van der Waals surface area contributed by atoms with Gasteiger partial charge in [0.25, 0.3) is 0 Å². The lowest BCUT2D eigenvalue weighted by Gasteiger charge is -2.43. The number of fused-ring (bicyclic) bond motifs is 2. The van der Waals surface area contributed by atoms with Crippen molar-refractivity contribution in [2.24, 2.45) is 5.92 Å². The normalized spacial score (nSPS) is 30.3. The molecule has 0 unspecified atom stereocenters. The van der Waals surface area contributed by atoms with Gasteiger partial charge in [-0.1, -0.05) is 11.8 Å². The molecule has 4 rings (SSSR count). The zero-order chi connectivity index (χ0) is 16.3. The molecule has 1 saturated heterocycles. The summed E-state index contributed by atoms with van der Waals surface area (Å²) in [7, 11) is 0. The van der Waals surface area contributed by atoms with Gasteiger partial charge in [-0.15, -0.1) is 11.8 Å². The highest BCUT2D eigenvalue weighted by Crippen LogP contribution is 2.55. The fourth-order valence-electron chi connectivity index (χ4n) is 3.26. The van der Waals surface area contributed by atoms with E-state index >= 15 is 0 Å². The number of carbonyl (C=O) groups is 2. The third-order valence-corrected chi connectivity index (χ3v) is 7.16. The number of rotatable bonds is 4. The average Bonchev–Trinajstić information content (AvgIpc) is 3.10. The Kier molecular flexibility index (Phi) is 3.47. The number of carbonyl (C=O) groups excluding carboxylic acids is 1. The fourth-order valence-corrected chi connectivity index (χ4v) is 6.60. The predicted octanol–water partition coefficient (Wildman–Crippen LogP) is 0.707. The summed E-state index contributed by atoms with van der Waals surface area (Å²) in [5, 5.41) is 19.2. The summed E-state index contributed by atoms with van der Waals surface area (Å²) in [5.41, 5.74) is 1.21. The van der Waals surface area contributed by atoms with E-state index in [0.717, 1.165) is 18.7 Å². The maximum atomic E-state index is 12.2. The summed E-state index contributed by atoms with van der Waals surface area (Å²) in [5.74, 6) is -1.90. The number of hydrogen-bond donors (Lipinski definition) is 2. The van der Waals surface area contributed by atoms with Gasteiger partial charge in [0.05, 0.1) is 22.6 Å². The Balaban J connectivity index is 1.55. The zero-order valence-corrected chi connectivity index (χ0v) is 13.9. The molecule has 23 heavy (non-hydrogen) atoms. The van der Waals surface area contributed by atoms with Crippen molar-refractivity contribution < 1.29 is 19.8 Å². The summed E-state index contributed by atoms with van der Waals surface area (Å²) in [6.07, 6.45) is 3.67. The summed E-state index contributed by atoms with van der Waals surface area (Å²) < 4.78 is 2.74. The highest BCUT2D eigenvalue weighted by atomic mass is 32.2. The molecule has 0 aromatic carbocycles. The smallest absolute Gasteiger partial charge is 0.354 e. The molecule has 1 aromatic rings. The average molecular weight is 353 g/mol. The molecule has 1 aromatic heterocycles. The van der Waals surface area contributed by atoms with Crippen LogP contribution in [-0.2, 0) is 22.6 Å². The van der Waals surface area contributed by atoms with Crippen molar-refractivity contribution in [3.8, 4) is 0 Å². The predicted molar refractivity (Wildman–Crippen MR) is 85.4 cm³/mol. The number of carboxylic acid groups (broad SMARTS) is 1. The van der Waals surface area contributed by atoms with Crippen LogP contribution in [0.15, 0.2) is 22.5 Å². The largest absolute Gasteiger partial charge is 0.477 e. The molecule has 0 bridgehead atoms. The lowest BCUT2D eigenvalue weighted by molar-refractivity contribution is -0.156.